The van der Waals surface area contributed by atoms with Crippen molar-refractivity contribution in [1.29, 1.82) is 0 Å². The summed E-state index contributed by atoms with van der Waals surface area (Å²) in [6, 6.07) is 5.71. The van der Waals surface area contributed by atoms with Gasteiger partial charge in [0.05, 0.1) is 3.57 Å². The molecular weight excluding hydrogens is 305 g/mol. The lowest BCUT2D eigenvalue weighted by Gasteiger charge is -2.19. The second kappa shape index (κ2) is 4.38. The number of carbonyl (C=O) groups excluding carboxylic acids is 1. The topological polar surface area (TPSA) is 52.3 Å². The van der Waals surface area contributed by atoms with Gasteiger partial charge in [0.1, 0.15) is 5.75 Å². The zero-order chi connectivity index (χ0) is 11.6. The molecule has 4 heteroatoms. The Hall–Kier alpha value is -0.780. The Balaban J connectivity index is 3.03. The van der Waals surface area contributed by atoms with Crippen molar-refractivity contribution in [3.05, 3.63) is 27.3 Å². The van der Waals surface area contributed by atoms with E-state index >= 15 is 0 Å². The number of carbonyl (C=O) groups is 1. The molecule has 1 amide bonds. The van der Waals surface area contributed by atoms with Gasteiger partial charge in [0.2, 0.25) is 0 Å². The van der Waals surface area contributed by atoms with Crippen molar-refractivity contribution in [3.63, 3.8) is 0 Å². The number of rotatable bonds is 1. The molecule has 0 aliphatic carbocycles. The first-order valence-corrected chi connectivity index (χ1v) is 5.66. The van der Waals surface area contributed by atoms with E-state index < -0.39 is 6.09 Å². The van der Waals surface area contributed by atoms with Gasteiger partial charge in [-0.25, -0.2) is 4.79 Å². The van der Waals surface area contributed by atoms with Gasteiger partial charge in [0.25, 0.3) is 0 Å². The predicted octanol–water partition coefficient (Wildman–Crippen LogP) is 3.05. The zero-order valence-electron chi connectivity index (χ0n) is 9.00. The summed E-state index contributed by atoms with van der Waals surface area (Å²) in [6.07, 6.45) is -0.781. The number of halogens is 1. The van der Waals surface area contributed by atoms with Crippen molar-refractivity contribution >= 4 is 28.7 Å². The fourth-order valence-electron chi connectivity index (χ4n) is 1.16. The predicted molar refractivity (Wildman–Crippen MR) is 68.1 cm³/mol. The third-order valence-electron chi connectivity index (χ3n) is 2.01. The van der Waals surface area contributed by atoms with Gasteiger partial charge in [0, 0.05) is 0 Å². The SMILES string of the molecule is CC(C)(C)c1ccc(OC(N)=O)c(I)c1. The van der Waals surface area contributed by atoms with Crippen molar-refractivity contribution in [1.82, 2.24) is 0 Å². The number of primary amides is 1. The summed E-state index contributed by atoms with van der Waals surface area (Å²) in [7, 11) is 0. The molecule has 3 nitrogen and oxygen atoms in total. The van der Waals surface area contributed by atoms with Crippen LogP contribution in [-0.4, -0.2) is 6.09 Å². The monoisotopic (exact) mass is 319 g/mol. The molecule has 0 unspecified atom stereocenters. The Morgan fingerprint density at radius 3 is 2.40 bits per heavy atom. The second-order valence-corrected chi connectivity index (χ2v) is 5.48. The summed E-state index contributed by atoms with van der Waals surface area (Å²) in [5, 5.41) is 0. The van der Waals surface area contributed by atoms with Gasteiger partial charge >= 0.3 is 6.09 Å². The molecule has 82 valence electrons. The summed E-state index contributed by atoms with van der Waals surface area (Å²) in [5.41, 5.74) is 6.24. The minimum absolute atomic E-state index is 0.0885. The van der Waals surface area contributed by atoms with Crippen LogP contribution >= 0.6 is 22.6 Å². The van der Waals surface area contributed by atoms with Crippen LogP contribution in [-0.2, 0) is 5.41 Å². The lowest BCUT2D eigenvalue weighted by molar-refractivity contribution is 0.210. The minimum atomic E-state index is -0.781. The van der Waals surface area contributed by atoms with Crippen molar-refractivity contribution in [3.8, 4) is 5.75 Å². The number of hydrogen-bond acceptors (Lipinski definition) is 2. The number of benzene rings is 1. The van der Waals surface area contributed by atoms with Gasteiger partial charge in [-0.05, 0) is 45.7 Å². The van der Waals surface area contributed by atoms with Crippen molar-refractivity contribution in [2.75, 3.05) is 0 Å². The van der Waals surface area contributed by atoms with Crippen LogP contribution in [0.15, 0.2) is 18.2 Å². The molecular formula is C11H14INO2. The van der Waals surface area contributed by atoms with Gasteiger partial charge in [-0.1, -0.05) is 26.8 Å². The Labute approximate surface area is 103 Å². The highest BCUT2D eigenvalue weighted by Gasteiger charge is 2.15. The maximum atomic E-state index is 10.6. The Morgan fingerprint density at radius 2 is 2.00 bits per heavy atom. The minimum Gasteiger partial charge on any atom is -0.409 e. The van der Waals surface area contributed by atoms with E-state index in [0.29, 0.717) is 5.75 Å². The number of ether oxygens (including phenoxy) is 1. The summed E-state index contributed by atoms with van der Waals surface area (Å²) in [5.74, 6) is 0.510. The van der Waals surface area contributed by atoms with E-state index in [0.717, 1.165) is 3.57 Å². The molecule has 2 N–H and O–H groups in total. The molecule has 0 saturated heterocycles. The first-order chi connectivity index (χ1) is 6.80. The molecule has 0 atom stereocenters. The molecule has 0 fully saturated rings. The normalized spacial score (nSPS) is 11.2. The summed E-state index contributed by atoms with van der Waals surface area (Å²) in [6.45, 7) is 6.40. The fourth-order valence-corrected chi connectivity index (χ4v) is 1.78. The number of hydrogen-bond donors (Lipinski definition) is 1. The maximum Gasteiger partial charge on any atom is 0.409 e. The van der Waals surface area contributed by atoms with Gasteiger partial charge in [-0.3, -0.25) is 0 Å². The highest BCUT2D eigenvalue weighted by atomic mass is 127. The quantitative estimate of drug-likeness (QED) is 0.809. The summed E-state index contributed by atoms with van der Waals surface area (Å²) >= 11 is 2.13. The third-order valence-corrected chi connectivity index (χ3v) is 2.85. The van der Waals surface area contributed by atoms with Gasteiger partial charge in [-0.15, -0.1) is 0 Å². The Bertz CT molecular complexity index is 383. The van der Waals surface area contributed by atoms with Gasteiger partial charge in [0.15, 0.2) is 0 Å². The highest BCUT2D eigenvalue weighted by Crippen LogP contribution is 2.28. The molecule has 0 aliphatic heterocycles. The lowest BCUT2D eigenvalue weighted by Crippen LogP contribution is -2.17. The lowest BCUT2D eigenvalue weighted by atomic mass is 9.87. The van der Waals surface area contributed by atoms with Gasteiger partial charge < -0.3 is 10.5 Å². The fraction of sp³-hybridized carbons (Fsp3) is 0.364. The van der Waals surface area contributed by atoms with E-state index in [2.05, 4.69) is 43.4 Å². The van der Waals surface area contributed by atoms with E-state index in [1.54, 1.807) is 6.07 Å². The molecule has 1 aromatic carbocycles. The average Bonchev–Trinajstić information content (AvgIpc) is 2.05. The van der Waals surface area contributed by atoms with Crippen LogP contribution in [0.1, 0.15) is 26.3 Å². The first-order valence-electron chi connectivity index (χ1n) is 4.58. The van der Waals surface area contributed by atoms with Crippen LogP contribution in [0.2, 0.25) is 0 Å². The molecule has 0 aromatic heterocycles. The Morgan fingerprint density at radius 1 is 1.40 bits per heavy atom. The largest absolute Gasteiger partial charge is 0.409 e. The zero-order valence-corrected chi connectivity index (χ0v) is 11.2. The Kier molecular flexibility index (Phi) is 3.59. The van der Waals surface area contributed by atoms with Crippen LogP contribution in [0.25, 0.3) is 0 Å². The van der Waals surface area contributed by atoms with Crippen LogP contribution < -0.4 is 10.5 Å². The molecule has 0 aliphatic rings. The highest BCUT2D eigenvalue weighted by molar-refractivity contribution is 14.1. The summed E-state index contributed by atoms with van der Waals surface area (Å²) in [4.78, 5) is 10.6. The molecule has 0 bridgehead atoms. The van der Waals surface area contributed by atoms with E-state index in [1.807, 2.05) is 12.1 Å². The van der Waals surface area contributed by atoms with Gasteiger partial charge in [-0.2, -0.15) is 0 Å². The van der Waals surface area contributed by atoms with Crippen LogP contribution in [0.3, 0.4) is 0 Å². The molecule has 0 heterocycles. The third kappa shape index (κ3) is 3.37. The second-order valence-electron chi connectivity index (χ2n) is 4.32. The molecule has 1 rings (SSSR count). The van der Waals surface area contributed by atoms with Crippen molar-refractivity contribution < 1.29 is 9.53 Å². The van der Waals surface area contributed by atoms with E-state index in [1.165, 1.54) is 5.56 Å². The van der Waals surface area contributed by atoms with E-state index in [4.69, 9.17) is 10.5 Å². The van der Waals surface area contributed by atoms with Crippen LogP contribution in [0, 0.1) is 3.57 Å². The molecule has 0 spiro atoms. The molecule has 0 saturated carbocycles. The van der Waals surface area contributed by atoms with Crippen LogP contribution in [0.5, 0.6) is 5.75 Å². The standard InChI is InChI=1S/C11H14INO2/c1-11(2,3)7-4-5-9(8(12)6-7)15-10(13)14/h4-6H,1-3H3,(H2,13,14). The van der Waals surface area contributed by atoms with Crippen molar-refractivity contribution in [2.45, 2.75) is 26.2 Å². The summed E-state index contributed by atoms with van der Waals surface area (Å²) < 4.78 is 5.73. The average molecular weight is 319 g/mol. The van der Waals surface area contributed by atoms with E-state index in [9.17, 15) is 4.79 Å². The number of nitrogens with two attached hydrogens (primary N) is 1. The smallest absolute Gasteiger partial charge is 0.409 e. The molecule has 15 heavy (non-hydrogen) atoms. The molecule has 1 aromatic rings. The molecule has 0 radical (unpaired) electrons. The van der Waals surface area contributed by atoms with Crippen molar-refractivity contribution in [2.24, 2.45) is 5.73 Å². The number of amides is 1. The van der Waals surface area contributed by atoms with E-state index in [-0.39, 0.29) is 5.41 Å². The maximum absolute atomic E-state index is 10.6. The van der Waals surface area contributed by atoms with Crippen LogP contribution in [0.4, 0.5) is 4.79 Å². The first kappa shape index (κ1) is 12.3.